The Labute approximate surface area is 130 Å². The molecule has 0 saturated heterocycles. The molecule has 0 aromatic carbocycles. The standard InChI is InChI=1S/C20H12O2/c1-17-9-3-4-10-18(2)12-8-16-20(22)14-6-5-13-19(21)15-7-11-17/h7-8,11-12,15-16H,1-2H3/b15-7+,16-8+,17-11?,18-12?. The Hall–Kier alpha value is -3.46. The van der Waals surface area contributed by atoms with Crippen molar-refractivity contribution in [3.63, 3.8) is 0 Å². The molecule has 0 unspecified atom stereocenters. The fraction of sp³-hybridized carbons (Fsp3) is 0.100. The average Bonchev–Trinajstić information content (AvgIpc) is 2.47. The highest BCUT2D eigenvalue weighted by atomic mass is 16.1. The van der Waals surface area contributed by atoms with Gasteiger partial charge in [0.25, 0.3) is 0 Å². The van der Waals surface area contributed by atoms with Gasteiger partial charge in [0, 0.05) is 0 Å². The molecule has 1 aliphatic rings. The van der Waals surface area contributed by atoms with Gasteiger partial charge in [0.15, 0.2) is 0 Å². The van der Waals surface area contributed by atoms with Gasteiger partial charge >= 0.3 is 0 Å². The first kappa shape index (κ1) is 16.6. The molecule has 0 aliphatic heterocycles. The van der Waals surface area contributed by atoms with Crippen LogP contribution in [0.3, 0.4) is 0 Å². The quantitative estimate of drug-likeness (QED) is 0.504. The zero-order valence-electron chi connectivity index (χ0n) is 12.3. The number of carbonyl (C=O) groups excluding carboxylic acids is 2. The highest BCUT2D eigenvalue weighted by Gasteiger charge is 1.87. The lowest BCUT2D eigenvalue weighted by Crippen LogP contribution is -1.86. The largest absolute Gasteiger partial charge is 0.280 e. The van der Waals surface area contributed by atoms with Crippen LogP contribution in [0.2, 0.25) is 0 Å². The Morgan fingerprint density at radius 2 is 1.00 bits per heavy atom. The van der Waals surface area contributed by atoms with Crippen molar-refractivity contribution in [2.75, 3.05) is 0 Å². The first-order valence-corrected chi connectivity index (χ1v) is 6.40. The Morgan fingerprint density at radius 3 is 1.41 bits per heavy atom. The van der Waals surface area contributed by atoms with Crippen molar-refractivity contribution in [3.8, 4) is 47.4 Å². The molecule has 0 atom stereocenters. The maximum atomic E-state index is 11.4. The van der Waals surface area contributed by atoms with Crippen molar-refractivity contribution in [3.05, 3.63) is 47.6 Å². The molecule has 0 spiro atoms. The maximum absolute atomic E-state index is 11.4. The third-order valence-electron chi connectivity index (χ3n) is 2.20. The smallest absolute Gasteiger partial charge is 0.229 e. The molecule has 0 amide bonds. The van der Waals surface area contributed by atoms with Gasteiger partial charge in [-0.05, 0) is 72.7 Å². The van der Waals surface area contributed by atoms with Crippen molar-refractivity contribution in [2.45, 2.75) is 13.8 Å². The minimum atomic E-state index is -0.395. The van der Waals surface area contributed by atoms with Gasteiger partial charge in [-0.3, -0.25) is 9.59 Å². The summed E-state index contributed by atoms with van der Waals surface area (Å²) >= 11 is 0. The van der Waals surface area contributed by atoms with Crippen molar-refractivity contribution in [2.24, 2.45) is 0 Å². The lowest BCUT2D eigenvalue weighted by atomic mass is 10.2. The summed E-state index contributed by atoms with van der Waals surface area (Å²) in [7, 11) is 0. The summed E-state index contributed by atoms with van der Waals surface area (Å²) in [5.41, 5.74) is 1.55. The summed E-state index contributed by atoms with van der Waals surface area (Å²) in [6.45, 7) is 3.63. The van der Waals surface area contributed by atoms with Gasteiger partial charge in [-0.15, -0.1) is 0 Å². The van der Waals surface area contributed by atoms with Gasteiger partial charge in [-0.2, -0.15) is 0 Å². The van der Waals surface area contributed by atoms with Crippen molar-refractivity contribution >= 4 is 11.6 Å². The number of hydrogen-bond acceptors (Lipinski definition) is 2. The van der Waals surface area contributed by atoms with Crippen LogP contribution >= 0.6 is 0 Å². The molecule has 22 heavy (non-hydrogen) atoms. The molecular weight excluding hydrogens is 272 g/mol. The van der Waals surface area contributed by atoms with Crippen LogP contribution in [0.15, 0.2) is 47.6 Å². The topological polar surface area (TPSA) is 34.1 Å². The highest BCUT2D eigenvalue weighted by molar-refractivity contribution is 6.06. The first-order chi connectivity index (χ1) is 10.6. The van der Waals surface area contributed by atoms with Crippen LogP contribution < -0.4 is 0 Å². The predicted molar refractivity (Wildman–Crippen MR) is 86.9 cm³/mol. The van der Waals surface area contributed by atoms with E-state index in [4.69, 9.17) is 0 Å². The minimum absolute atomic E-state index is 0.395. The average molecular weight is 284 g/mol. The Kier molecular flexibility index (Phi) is 7.12. The molecule has 0 N–H and O–H groups in total. The summed E-state index contributed by atoms with van der Waals surface area (Å²) in [4.78, 5) is 22.8. The molecule has 0 radical (unpaired) electrons. The van der Waals surface area contributed by atoms with E-state index >= 15 is 0 Å². The van der Waals surface area contributed by atoms with E-state index in [1.54, 1.807) is 24.3 Å². The second kappa shape index (κ2) is 9.44. The van der Waals surface area contributed by atoms with Crippen molar-refractivity contribution < 1.29 is 9.59 Å². The van der Waals surface area contributed by atoms with Gasteiger partial charge in [-0.1, -0.05) is 36.1 Å². The first-order valence-electron chi connectivity index (χ1n) is 6.40. The molecule has 2 heteroatoms. The van der Waals surface area contributed by atoms with Crippen LogP contribution in [-0.2, 0) is 9.59 Å². The number of ketones is 2. The molecule has 0 aromatic rings. The van der Waals surface area contributed by atoms with Crippen LogP contribution in [0.4, 0.5) is 0 Å². The van der Waals surface area contributed by atoms with Crippen LogP contribution in [0.5, 0.6) is 0 Å². The van der Waals surface area contributed by atoms with Crippen LogP contribution in [0.1, 0.15) is 13.8 Å². The molecule has 0 aromatic heterocycles. The van der Waals surface area contributed by atoms with Gasteiger partial charge in [0.05, 0.1) is 0 Å². The minimum Gasteiger partial charge on any atom is -0.280 e. The van der Waals surface area contributed by atoms with E-state index in [0.717, 1.165) is 11.1 Å². The van der Waals surface area contributed by atoms with Crippen molar-refractivity contribution in [1.82, 2.24) is 0 Å². The zero-order chi connectivity index (χ0) is 16.2. The fourth-order valence-corrected chi connectivity index (χ4v) is 1.17. The van der Waals surface area contributed by atoms with Gasteiger partial charge < -0.3 is 0 Å². The summed E-state index contributed by atoms with van der Waals surface area (Å²) in [6.07, 6.45) is 9.12. The molecule has 2 nitrogen and oxygen atoms in total. The highest BCUT2D eigenvalue weighted by Crippen LogP contribution is 1.92. The van der Waals surface area contributed by atoms with Crippen molar-refractivity contribution in [1.29, 1.82) is 0 Å². The van der Waals surface area contributed by atoms with E-state index in [9.17, 15) is 9.59 Å². The number of hydrogen-bond donors (Lipinski definition) is 0. The summed E-state index contributed by atoms with van der Waals surface area (Å²) < 4.78 is 0. The Bertz CT molecular complexity index is 770. The SMILES string of the molecule is CC1=C/C=C/C(=O)C#CC#CC(=O)/C=C/C=C(C)C#CC#C1. The maximum Gasteiger partial charge on any atom is 0.229 e. The monoisotopic (exact) mass is 284 g/mol. The number of carbonyl (C=O) groups is 2. The second-order valence-corrected chi connectivity index (χ2v) is 4.15. The van der Waals surface area contributed by atoms with Gasteiger partial charge in [0.1, 0.15) is 0 Å². The van der Waals surface area contributed by atoms with Crippen LogP contribution in [0.25, 0.3) is 0 Å². The normalized spacial score (nSPS) is 17.2. The molecule has 0 fully saturated rings. The number of rotatable bonds is 0. The zero-order valence-corrected chi connectivity index (χ0v) is 12.3. The molecule has 1 aliphatic carbocycles. The summed E-state index contributed by atoms with van der Waals surface area (Å²) in [5.74, 6) is 19.6. The number of allylic oxidation sites excluding steroid dienone is 8. The fourth-order valence-electron chi connectivity index (χ4n) is 1.17. The molecule has 1 rings (SSSR count). The van der Waals surface area contributed by atoms with E-state index < -0.39 is 11.6 Å². The van der Waals surface area contributed by atoms with Crippen LogP contribution in [-0.4, -0.2) is 11.6 Å². The molecule has 104 valence electrons. The van der Waals surface area contributed by atoms with E-state index in [2.05, 4.69) is 47.4 Å². The molecule has 0 saturated carbocycles. The third-order valence-corrected chi connectivity index (χ3v) is 2.20. The van der Waals surface area contributed by atoms with E-state index in [1.165, 1.54) is 12.2 Å². The lowest BCUT2D eigenvalue weighted by molar-refractivity contribution is -0.110. The van der Waals surface area contributed by atoms with E-state index in [0.29, 0.717) is 0 Å². The molecule has 0 heterocycles. The third kappa shape index (κ3) is 7.86. The molecule has 0 bridgehead atoms. The van der Waals surface area contributed by atoms with Crippen LogP contribution in [0, 0.1) is 47.4 Å². The Morgan fingerprint density at radius 1 is 0.636 bits per heavy atom. The molecular formula is C20H12O2. The Balaban J connectivity index is 3.13. The lowest BCUT2D eigenvalue weighted by Gasteiger charge is -1.83. The second-order valence-electron chi connectivity index (χ2n) is 4.15. The summed E-state index contributed by atoms with van der Waals surface area (Å²) in [6, 6.07) is 0. The van der Waals surface area contributed by atoms with Gasteiger partial charge in [-0.25, -0.2) is 0 Å². The van der Waals surface area contributed by atoms with Gasteiger partial charge in [0.2, 0.25) is 11.6 Å². The predicted octanol–water partition coefficient (Wildman–Crippen LogP) is 2.16. The van der Waals surface area contributed by atoms with E-state index in [-0.39, 0.29) is 0 Å². The summed E-state index contributed by atoms with van der Waals surface area (Å²) in [5, 5.41) is 0. The van der Waals surface area contributed by atoms with E-state index in [1.807, 2.05) is 13.8 Å².